The fourth-order valence-corrected chi connectivity index (χ4v) is 1.59. The molecule has 0 unspecified atom stereocenters. The first-order valence-corrected chi connectivity index (χ1v) is 6.78. The minimum absolute atomic E-state index is 0.0666. The van der Waals surface area contributed by atoms with Gasteiger partial charge in [-0.05, 0) is 19.1 Å². The van der Waals surface area contributed by atoms with Gasteiger partial charge in [-0.25, -0.2) is 9.97 Å². The summed E-state index contributed by atoms with van der Waals surface area (Å²) >= 11 is 0. The number of nitrogens with zero attached hydrogens (tertiary/aromatic N) is 3. The summed E-state index contributed by atoms with van der Waals surface area (Å²) in [5, 5.41) is 8.24. The summed E-state index contributed by atoms with van der Waals surface area (Å²) < 4.78 is 29.6. The Morgan fingerprint density at radius 2 is 1.80 bits per heavy atom. The van der Waals surface area contributed by atoms with Gasteiger partial charge >= 0.3 is 0 Å². The number of aromatic nitrogens is 2. The Balaban J connectivity index is 0.000000204. The largest absolute Gasteiger partial charge is 0.382 e. The van der Waals surface area contributed by atoms with Crippen molar-refractivity contribution in [3.63, 3.8) is 0 Å². The molecule has 0 atom stereocenters. The highest BCUT2D eigenvalue weighted by atomic mass is 32.2. The number of anilines is 1. The van der Waals surface area contributed by atoms with Gasteiger partial charge in [-0.2, -0.15) is 13.7 Å². The smallest absolute Gasteiger partial charge is 0.294 e. The molecule has 0 aliphatic heterocycles. The van der Waals surface area contributed by atoms with Crippen LogP contribution in [0.5, 0.6) is 0 Å². The van der Waals surface area contributed by atoms with E-state index in [1.54, 1.807) is 12.1 Å². The van der Waals surface area contributed by atoms with Crippen LogP contribution in [-0.2, 0) is 10.1 Å². The normalized spacial score (nSPS) is 10.1. The second-order valence-corrected chi connectivity index (χ2v) is 5.15. The van der Waals surface area contributed by atoms with Gasteiger partial charge in [0.25, 0.3) is 10.1 Å². The van der Waals surface area contributed by atoms with Crippen LogP contribution in [0.1, 0.15) is 11.3 Å². The van der Waals surface area contributed by atoms with Crippen LogP contribution >= 0.6 is 0 Å². The topological polar surface area (TPSA) is 130 Å². The zero-order valence-corrected chi connectivity index (χ0v) is 11.4. The maximum absolute atomic E-state index is 10.5. The van der Waals surface area contributed by atoms with E-state index in [1.807, 2.05) is 13.0 Å². The second-order valence-electron chi connectivity index (χ2n) is 3.73. The SMILES string of the molecule is Cc1ccc(S(=O)(=O)O)cc1.N#Cc1cnc(N)cn1. The van der Waals surface area contributed by atoms with Gasteiger partial charge < -0.3 is 5.73 Å². The molecule has 104 valence electrons. The van der Waals surface area contributed by atoms with Crippen LogP contribution < -0.4 is 5.73 Å². The fourth-order valence-electron chi connectivity index (χ4n) is 1.11. The number of hydrogen-bond acceptors (Lipinski definition) is 6. The molecule has 2 aromatic rings. The van der Waals surface area contributed by atoms with Crippen molar-refractivity contribution in [3.8, 4) is 6.07 Å². The molecule has 3 N–H and O–H groups in total. The van der Waals surface area contributed by atoms with Crippen LogP contribution in [0.15, 0.2) is 41.6 Å². The molecule has 7 nitrogen and oxygen atoms in total. The quantitative estimate of drug-likeness (QED) is 0.754. The molecule has 1 heterocycles. The van der Waals surface area contributed by atoms with E-state index in [-0.39, 0.29) is 10.6 Å². The predicted molar refractivity (Wildman–Crippen MR) is 72.2 cm³/mol. The van der Waals surface area contributed by atoms with Crippen molar-refractivity contribution in [2.45, 2.75) is 11.8 Å². The summed E-state index contributed by atoms with van der Waals surface area (Å²) in [7, 11) is -4.02. The Bertz CT molecular complexity index is 704. The lowest BCUT2D eigenvalue weighted by Crippen LogP contribution is -1.96. The first-order chi connectivity index (χ1) is 9.32. The average Bonchev–Trinajstić information content (AvgIpc) is 2.40. The van der Waals surface area contributed by atoms with E-state index < -0.39 is 10.1 Å². The van der Waals surface area contributed by atoms with Crippen molar-refractivity contribution in [1.82, 2.24) is 9.97 Å². The summed E-state index contributed by atoms with van der Waals surface area (Å²) in [5.74, 6) is 0.328. The summed E-state index contributed by atoms with van der Waals surface area (Å²) in [6.07, 6.45) is 2.67. The Morgan fingerprint density at radius 1 is 1.20 bits per heavy atom. The lowest BCUT2D eigenvalue weighted by molar-refractivity contribution is 0.483. The van der Waals surface area contributed by atoms with Gasteiger partial charge in [0.05, 0.1) is 17.3 Å². The molecule has 0 saturated carbocycles. The number of nitrogen functional groups attached to an aromatic ring is 1. The molecule has 0 bridgehead atoms. The molecule has 0 spiro atoms. The highest BCUT2D eigenvalue weighted by molar-refractivity contribution is 7.85. The van der Waals surface area contributed by atoms with Crippen molar-refractivity contribution in [1.29, 1.82) is 5.26 Å². The summed E-state index contributed by atoms with van der Waals surface area (Å²) in [6, 6.07) is 7.81. The number of rotatable bonds is 1. The lowest BCUT2D eigenvalue weighted by Gasteiger charge is -1.95. The van der Waals surface area contributed by atoms with E-state index in [1.165, 1.54) is 24.5 Å². The molecule has 0 aliphatic carbocycles. The van der Waals surface area contributed by atoms with Crippen LogP contribution in [0.3, 0.4) is 0 Å². The third kappa shape index (κ3) is 5.01. The zero-order valence-electron chi connectivity index (χ0n) is 10.6. The van der Waals surface area contributed by atoms with Gasteiger partial charge in [0.1, 0.15) is 11.9 Å². The van der Waals surface area contributed by atoms with Crippen LogP contribution in [-0.4, -0.2) is 22.9 Å². The van der Waals surface area contributed by atoms with Crippen molar-refractivity contribution < 1.29 is 13.0 Å². The Labute approximate surface area is 116 Å². The molecule has 1 aromatic heterocycles. The molecular formula is C12H12N4O3S. The third-order valence-corrected chi connectivity index (χ3v) is 2.97. The van der Waals surface area contributed by atoms with E-state index in [0.717, 1.165) is 5.56 Å². The second kappa shape index (κ2) is 6.60. The van der Waals surface area contributed by atoms with E-state index in [9.17, 15) is 8.42 Å². The van der Waals surface area contributed by atoms with Crippen molar-refractivity contribution in [2.75, 3.05) is 5.73 Å². The maximum Gasteiger partial charge on any atom is 0.294 e. The van der Waals surface area contributed by atoms with Crippen LogP contribution in [0.4, 0.5) is 5.82 Å². The van der Waals surface area contributed by atoms with Gasteiger partial charge in [-0.3, -0.25) is 4.55 Å². The molecule has 0 amide bonds. The van der Waals surface area contributed by atoms with Gasteiger partial charge in [-0.15, -0.1) is 0 Å². The van der Waals surface area contributed by atoms with Gasteiger partial charge in [0.2, 0.25) is 0 Å². The lowest BCUT2D eigenvalue weighted by atomic mass is 10.2. The number of nitrogens with two attached hydrogens (primary N) is 1. The molecule has 2 rings (SSSR count). The first kappa shape index (κ1) is 15.6. The first-order valence-electron chi connectivity index (χ1n) is 5.34. The zero-order chi connectivity index (χ0) is 15.2. The van der Waals surface area contributed by atoms with Gasteiger partial charge in [-0.1, -0.05) is 17.7 Å². The molecule has 0 fully saturated rings. The highest BCUT2D eigenvalue weighted by Crippen LogP contribution is 2.08. The van der Waals surface area contributed by atoms with E-state index >= 15 is 0 Å². The molecule has 8 heteroatoms. The molecule has 1 aromatic carbocycles. The molecular weight excluding hydrogens is 280 g/mol. The monoisotopic (exact) mass is 292 g/mol. The summed E-state index contributed by atoms with van der Waals surface area (Å²) in [5.41, 5.74) is 6.44. The van der Waals surface area contributed by atoms with Gasteiger partial charge in [0.15, 0.2) is 5.69 Å². The average molecular weight is 292 g/mol. The van der Waals surface area contributed by atoms with Gasteiger partial charge in [0, 0.05) is 0 Å². The van der Waals surface area contributed by atoms with E-state index in [0.29, 0.717) is 5.82 Å². The molecule has 20 heavy (non-hydrogen) atoms. The predicted octanol–water partition coefficient (Wildman–Crippen LogP) is 1.17. The number of aryl methyl sites for hydroxylation is 1. The molecule has 0 aliphatic rings. The van der Waals surface area contributed by atoms with E-state index in [2.05, 4.69) is 9.97 Å². The van der Waals surface area contributed by atoms with Crippen LogP contribution in [0, 0.1) is 18.3 Å². The van der Waals surface area contributed by atoms with Crippen LogP contribution in [0.2, 0.25) is 0 Å². The Hall–Kier alpha value is -2.50. The maximum atomic E-state index is 10.5. The van der Waals surface area contributed by atoms with E-state index in [4.69, 9.17) is 15.5 Å². The van der Waals surface area contributed by atoms with Crippen molar-refractivity contribution >= 4 is 15.9 Å². The number of nitriles is 1. The summed E-state index contributed by atoms with van der Waals surface area (Å²) in [4.78, 5) is 7.22. The number of benzene rings is 1. The summed E-state index contributed by atoms with van der Waals surface area (Å²) in [6.45, 7) is 1.84. The fraction of sp³-hybridized carbons (Fsp3) is 0.0833. The minimum atomic E-state index is -4.02. The third-order valence-electron chi connectivity index (χ3n) is 2.11. The number of hydrogen-bond donors (Lipinski definition) is 2. The molecule has 0 radical (unpaired) electrons. The van der Waals surface area contributed by atoms with Crippen molar-refractivity contribution in [3.05, 3.63) is 47.9 Å². The Morgan fingerprint density at radius 3 is 2.20 bits per heavy atom. The van der Waals surface area contributed by atoms with Crippen molar-refractivity contribution in [2.24, 2.45) is 0 Å². The standard InChI is InChI=1S/C7H8O3S.C5H4N4/c1-6-2-4-7(5-3-6)11(8,9)10;6-1-4-2-9-5(7)3-8-4/h2-5H,1H3,(H,8,9,10);2-3H,(H2,7,9). The minimum Gasteiger partial charge on any atom is -0.382 e. The Kier molecular flexibility index (Phi) is 5.14. The molecule has 0 saturated heterocycles. The highest BCUT2D eigenvalue weighted by Gasteiger charge is 2.06. The van der Waals surface area contributed by atoms with Crippen LogP contribution in [0.25, 0.3) is 0 Å².